The Balaban J connectivity index is 1.87. The van der Waals surface area contributed by atoms with E-state index in [1.54, 1.807) is 0 Å². The highest BCUT2D eigenvalue weighted by Gasteiger charge is 1.97. The van der Waals surface area contributed by atoms with Crippen LogP contribution in [0.5, 0.6) is 0 Å². The van der Waals surface area contributed by atoms with Gasteiger partial charge in [-0.1, -0.05) is 62.3 Å². The summed E-state index contributed by atoms with van der Waals surface area (Å²) in [5.41, 5.74) is 1.36. The molecule has 0 aliphatic heterocycles. The molecular formula is C17H25ClO2. The minimum absolute atomic E-state index is 0.321. The second-order valence-corrected chi connectivity index (χ2v) is 5.79. The van der Waals surface area contributed by atoms with Crippen molar-refractivity contribution in [1.29, 1.82) is 0 Å². The standard InChI is InChI=1S/C17H25ClO2/c18-16-13-11-15(12-14-16)9-7-5-3-1-2-4-6-8-10-17(19)20/h11-14H,1-10H2,(H,19,20). The predicted molar refractivity (Wildman–Crippen MR) is 84.3 cm³/mol. The molecule has 0 atom stereocenters. The van der Waals surface area contributed by atoms with Crippen LogP contribution in [0.2, 0.25) is 5.02 Å². The molecule has 0 unspecified atom stereocenters. The molecule has 1 aromatic carbocycles. The fourth-order valence-corrected chi connectivity index (χ4v) is 2.44. The van der Waals surface area contributed by atoms with Gasteiger partial charge >= 0.3 is 5.97 Å². The Morgan fingerprint density at radius 2 is 1.35 bits per heavy atom. The normalized spacial score (nSPS) is 10.7. The monoisotopic (exact) mass is 296 g/mol. The van der Waals surface area contributed by atoms with Crippen LogP contribution in [0.4, 0.5) is 0 Å². The summed E-state index contributed by atoms with van der Waals surface area (Å²) in [6.07, 6.45) is 10.8. The van der Waals surface area contributed by atoms with E-state index in [2.05, 4.69) is 12.1 Å². The van der Waals surface area contributed by atoms with Gasteiger partial charge in [0.2, 0.25) is 0 Å². The van der Waals surface area contributed by atoms with E-state index in [1.165, 1.54) is 44.1 Å². The van der Waals surface area contributed by atoms with E-state index in [9.17, 15) is 4.79 Å². The molecule has 1 N–H and O–H groups in total. The zero-order valence-corrected chi connectivity index (χ0v) is 12.9. The largest absolute Gasteiger partial charge is 0.481 e. The number of benzene rings is 1. The van der Waals surface area contributed by atoms with E-state index in [0.717, 1.165) is 24.3 Å². The van der Waals surface area contributed by atoms with Crippen molar-refractivity contribution in [2.75, 3.05) is 0 Å². The Morgan fingerprint density at radius 3 is 1.90 bits per heavy atom. The Morgan fingerprint density at radius 1 is 0.850 bits per heavy atom. The van der Waals surface area contributed by atoms with Crippen LogP contribution in [-0.4, -0.2) is 11.1 Å². The minimum atomic E-state index is -0.674. The third-order valence-corrected chi connectivity index (χ3v) is 3.77. The summed E-state index contributed by atoms with van der Waals surface area (Å²) >= 11 is 5.85. The number of hydrogen-bond donors (Lipinski definition) is 1. The van der Waals surface area contributed by atoms with Gasteiger partial charge in [0.05, 0.1) is 0 Å². The van der Waals surface area contributed by atoms with E-state index >= 15 is 0 Å². The molecular weight excluding hydrogens is 272 g/mol. The number of unbranched alkanes of at least 4 members (excludes halogenated alkanes) is 7. The van der Waals surface area contributed by atoms with Gasteiger partial charge in [-0.05, 0) is 37.0 Å². The molecule has 0 aliphatic rings. The first-order valence-corrected chi connectivity index (χ1v) is 8.02. The van der Waals surface area contributed by atoms with Gasteiger partial charge in [0.1, 0.15) is 0 Å². The van der Waals surface area contributed by atoms with Gasteiger partial charge in [-0.25, -0.2) is 0 Å². The quantitative estimate of drug-likeness (QED) is 0.549. The molecule has 0 aliphatic carbocycles. The van der Waals surface area contributed by atoms with Crippen LogP contribution in [0.15, 0.2) is 24.3 Å². The molecule has 2 nitrogen and oxygen atoms in total. The lowest BCUT2D eigenvalue weighted by atomic mass is 10.0. The number of carboxylic acid groups (broad SMARTS) is 1. The van der Waals surface area contributed by atoms with Gasteiger partial charge in [0.15, 0.2) is 0 Å². The molecule has 0 saturated heterocycles. The van der Waals surface area contributed by atoms with E-state index in [1.807, 2.05) is 12.1 Å². The van der Waals surface area contributed by atoms with E-state index in [0.29, 0.717) is 6.42 Å². The van der Waals surface area contributed by atoms with Crippen molar-refractivity contribution < 1.29 is 9.90 Å². The molecule has 1 aromatic rings. The lowest BCUT2D eigenvalue weighted by molar-refractivity contribution is -0.137. The summed E-state index contributed by atoms with van der Waals surface area (Å²) in [6, 6.07) is 8.11. The van der Waals surface area contributed by atoms with Crippen molar-refractivity contribution in [3.63, 3.8) is 0 Å². The number of halogens is 1. The van der Waals surface area contributed by atoms with Crippen LogP contribution in [0, 0.1) is 0 Å². The number of aryl methyl sites for hydroxylation is 1. The van der Waals surface area contributed by atoms with Crippen molar-refractivity contribution in [2.24, 2.45) is 0 Å². The summed E-state index contributed by atoms with van der Waals surface area (Å²) < 4.78 is 0. The van der Waals surface area contributed by atoms with E-state index < -0.39 is 5.97 Å². The van der Waals surface area contributed by atoms with Gasteiger partial charge in [0, 0.05) is 11.4 Å². The van der Waals surface area contributed by atoms with Gasteiger partial charge < -0.3 is 5.11 Å². The molecule has 0 aromatic heterocycles. The fourth-order valence-electron chi connectivity index (χ4n) is 2.32. The maximum atomic E-state index is 10.3. The summed E-state index contributed by atoms with van der Waals surface area (Å²) in [5, 5.41) is 9.32. The molecule has 0 heterocycles. The first-order valence-electron chi connectivity index (χ1n) is 7.65. The first kappa shape index (κ1) is 17.0. The summed E-state index contributed by atoms with van der Waals surface area (Å²) in [4.78, 5) is 10.3. The van der Waals surface area contributed by atoms with Crippen LogP contribution in [0.1, 0.15) is 63.4 Å². The van der Waals surface area contributed by atoms with Gasteiger partial charge in [-0.2, -0.15) is 0 Å². The average molecular weight is 297 g/mol. The van der Waals surface area contributed by atoms with Crippen LogP contribution in [0.3, 0.4) is 0 Å². The zero-order chi connectivity index (χ0) is 14.6. The Hall–Kier alpha value is -1.02. The molecule has 20 heavy (non-hydrogen) atoms. The lowest BCUT2D eigenvalue weighted by Gasteiger charge is -2.03. The highest BCUT2D eigenvalue weighted by Crippen LogP contribution is 2.14. The smallest absolute Gasteiger partial charge is 0.303 e. The van der Waals surface area contributed by atoms with Crippen LogP contribution >= 0.6 is 11.6 Å². The molecule has 0 spiro atoms. The molecule has 0 bridgehead atoms. The fraction of sp³-hybridized carbons (Fsp3) is 0.588. The lowest BCUT2D eigenvalue weighted by Crippen LogP contribution is -1.93. The Bertz CT molecular complexity index is 373. The summed E-state index contributed by atoms with van der Waals surface area (Å²) in [5.74, 6) is -0.674. The zero-order valence-electron chi connectivity index (χ0n) is 12.1. The van der Waals surface area contributed by atoms with E-state index in [-0.39, 0.29) is 0 Å². The van der Waals surface area contributed by atoms with Gasteiger partial charge in [-0.3, -0.25) is 4.79 Å². The van der Waals surface area contributed by atoms with Crippen LogP contribution in [0.25, 0.3) is 0 Å². The van der Waals surface area contributed by atoms with Crippen molar-refractivity contribution >= 4 is 17.6 Å². The molecule has 112 valence electrons. The Labute approximate surface area is 127 Å². The van der Waals surface area contributed by atoms with Crippen molar-refractivity contribution in [3.05, 3.63) is 34.9 Å². The number of rotatable bonds is 11. The summed E-state index contributed by atoms with van der Waals surface area (Å²) in [7, 11) is 0. The van der Waals surface area contributed by atoms with Crippen molar-refractivity contribution in [1.82, 2.24) is 0 Å². The minimum Gasteiger partial charge on any atom is -0.481 e. The highest BCUT2D eigenvalue weighted by atomic mass is 35.5. The van der Waals surface area contributed by atoms with Crippen LogP contribution < -0.4 is 0 Å². The molecule has 0 radical (unpaired) electrons. The van der Waals surface area contributed by atoms with Crippen molar-refractivity contribution in [2.45, 2.75) is 64.2 Å². The number of carboxylic acids is 1. The highest BCUT2D eigenvalue weighted by molar-refractivity contribution is 6.30. The van der Waals surface area contributed by atoms with Crippen molar-refractivity contribution in [3.8, 4) is 0 Å². The predicted octanol–water partition coefficient (Wildman–Crippen LogP) is 5.48. The number of hydrogen-bond acceptors (Lipinski definition) is 1. The molecule has 3 heteroatoms. The topological polar surface area (TPSA) is 37.3 Å². The third-order valence-electron chi connectivity index (χ3n) is 3.52. The second kappa shape index (κ2) is 10.7. The maximum Gasteiger partial charge on any atom is 0.303 e. The third kappa shape index (κ3) is 8.98. The number of aliphatic carboxylic acids is 1. The van der Waals surface area contributed by atoms with Gasteiger partial charge in [0.25, 0.3) is 0 Å². The van der Waals surface area contributed by atoms with Crippen LogP contribution in [-0.2, 0) is 11.2 Å². The summed E-state index contributed by atoms with van der Waals surface area (Å²) in [6.45, 7) is 0. The molecule has 0 fully saturated rings. The molecule has 1 rings (SSSR count). The van der Waals surface area contributed by atoms with Gasteiger partial charge in [-0.15, -0.1) is 0 Å². The molecule has 0 amide bonds. The SMILES string of the molecule is O=C(O)CCCCCCCCCCc1ccc(Cl)cc1. The molecule has 0 saturated carbocycles. The van der Waals surface area contributed by atoms with E-state index in [4.69, 9.17) is 16.7 Å². The maximum absolute atomic E-state index is 10.3. The number of carbonyl (C=O) groups is 1. The second-order valence-electron chi connectivity index (χ2n) is 5.35. The first-order chi connectivity index (χ1) is 9.68. The Kier molecular flexibility index (Phi) is 9.14. The average Bonchev–Trinajstić information content (AvgIpc) is 2.42.